The maximum atomic E-state index is 12.3. The first-order chi connectivity index (χ1) is 8.09. The monoisotopic (exact) mass is 324 g/mol. The van der Waals surface area contributed by atoms with Gasteiger partial charge in [-0.3, -0.25) is 4.99 Å². The summed E-state index contributed by atoms with van der Waals surface area (Å²) in [6, 6.07) is 4.84. The number of hydrogen-bond donors (Lipinski definition) is 0. The SMILES string of the molecule is Cl.O=S1(=O)c2ccc(Cl)cc2SC2=NCCCN21. The third-order valence-corrected chi connectivity index (χ3v) is 6.07. The number of hydrogen-bond acceptors (Lipinski definition) is 4. The van der Waals surface area contributed by atoms with Crippen molar-refractivity contribution in [3.8, 4) is 0 Å². The van der Waals surface area contributed by atoms with E-state index in [1.54, 1.807) is 18.2 Å². The number of amidine groups is 1. The van der Waals surface area contributed by atoms with Crippen LogP contribution in [0, 0.1) is 0 Å². The van der Waals surface area contributed by atoms with E-state index in [0.717, 1.165) is 6.42 Å². The minimum Gasteiger partial charge on any atom is -0.261 e. The lowest BCUT2D eigenvalue weighted by Gasteiger charge is -2.32. The third kappa shape index (κ3) is 2.11. The van der Waals surface area contributed by atoms with Gasteiger partial charge in [-0.05, 0) is 36.4 Å². The predicted molar refractivity (Wildman–Crippen MR) is 75.4 cm³/mol. The zero-order valence-electron chi connectivity index (χ0n) is 9.17. The Morgan fingerprint density at radius 1 is 1.39 bits per heavy atom. The Balaban J connectivity index is 0.00000120. The molecule has 8 heteroatoms. The Hall–Kier alpha value is -0.430. The van der Waals surface area contributed by atoms with E-state index in [1.807, 2.05) is 0 Å². The van der Waals surface area contributed by atoms with Crippen molar-refractivity contribution >= 4 is 51.0 Å². The van der Waals surface area contributed by atoms with Crippen LogP contribution in [0.25, 0.3) is 0 Å². The zero-order valence-corrected chi connectivity index (χ0v) is 12.4. The third-order valence-electron chi connectivity index (χ3n) is 2.65. The first kappa shape index (κ1) is 14.0. The van der Waals surface area contributed by atoms with E-state index >= 15 is 0 Å². The highest BCUT2D eigenvalue weighted by Gasteiger charge is 2.36. The van der Waals surface area contributed by atoms with Gasteiger partial charge in [-0.15, -0.1) is 12.4 Å². The first-order valence-electron chi connectivity index (χ1n) is 5.13. The smallest absolute Gasteiger partial charge is 0.261 e. The van der Waals surface area contributed by atoms with E-state index in [2.05, 4.69) is 4.99 Å². The molecular weight excluding hydrogens is 315 g/mol. The summed E-state index contributed by atoms with van der Waals surface area (Å²) in [5, 5.41) is 1.10. The van der Waals surface area contributed by atoms with Crippen LogP contribution in [0.3, 0.4) is 0 Å². The second-order valence-electron chi connectivity index (χ2n) is 3.79. The lowest BCUT2D eigenvalue weighted by atomic mass is 10.4. The van der Waals surface area contributed by atoms with Gasteiger partial charge in [0.05, 0.1) is 0 Å². The Labute approximate surface area is 121 Å². The number of nitrogens with zero attached hydrogens (tertiary/aromatic N) is 2. The maximum Gasteiger partial charge on any atom is 0.267 e. The summed E-state index contributed by atoms with van der Waals surface area (Å²) < 4.78 is 26.1. The van der Waals surface area contributed by atoms with Crippen LogP contribution < -0.4 is 0 Å². The van der Waals surface area contributed by atoms with Gasteiger partial charge in [0.25, 0.3) is 10.0 Å². The Morgan fingerprint density at radius 2 is 2.17 bits per heavy atom. The summed E-state index contributed by atoms with van der Waals surface area (Å²) in [4.78, 5) is 5.25. The second kappa shape index (κ2) is 4.92. The molecule has 0 saturated heterocycles. The number of aliphatic imine (C=N–C) groups is 1. The fraction of sp³-hybridized carbons (Fsp3) is 0.300. The van der Waals surface area contributed by atoms with Crippen molar-refractivity contribution in [2.24, 2.45) is 4.99 Å². The van der Waals surface area contributed by atoms with Crippen molar-refractivity contribution in [2.75, 3.05) is 13.1 Å². The number of fused-ring (bicyclic) bond motifs is 2. The molecule has 0 atom stereocenters. The standard InChI is InChI=1S/C10H9ClN2O2S2.ClH/c11-7-2-3-9-8(6-7)16-10-12-4-1-5-13(10)17(9,14)15;/h2-3,6H,1,4-5H2;1H. The van der Waals surface area contributed by atoms with Crippen LogP contribution in [0.15, 0.2) is 33.0 Å². The molecule has 1 aromatic carbocycles. The zero-order chi connectivity index (χ0) is 12.0. The first-order valence-corrected chi connectivity index (χ1v) is 7.77. The Bertz CT molecular complexity index is 616. The fourth-order valence-electron chi connectivity index (χ4n) is 1.86. The molecule has 4 nitrogen and oxygen atoms in total. The molecule has 0 bridgehead atoms. The number of sulfonamides is 1. The summed E-state index contributed by atoms with van der Waals surface area (Å²) >= 11 is 7.25. The Kier molecular flexibility index (Phi) is 3.82. The molecule has 3 rings (SSSR count). The molecule has 0 saturated carbocycles. The van der Waals surface area contributed by atoms with Crippen LogP contribution in [0.2, 0.25) is 5.02 Å². The van der Waals surface area contributed by atoms with Crippen LogP contribution in [0.1, 0.15) is 6.42 Å². The van der Waals surface area contributed by atoms with E-state index in [1.165, 1.54) is 16.1 Å². The highest BCUT2D eigenvalue weighted by atomic mass is 35.5. The molecule has 0 fully saturated rings. The lowest BCUT2D eigenvalue weighted by molar-refractivity contribution is 0.502. The van der Waals surface area contributed by atoms with Gasteiger partial charge < -0.3 is 0 Å². The Morgan fingerprint density at radius 3 is 2.94 bits per heavy atom. The highest BCUT2D eigenvalue weighted by Crippen LogP contribution is 2.39. The fourth-order valence-corrected chi connectivity index (χ4v) is 5.27. The summed E-state index contributed by atoms with van der Waals surface area (Å²) in [5.74, 6) is 0. The van der Waals surface area contributed by atoms with Gasteiger partial charge in [-0.25, -0.2) is 12.7 Å². The highest BCUT2D eigenvalue weighted by molar-refractivity contribution is 8.16. The molecule has 98 valence electrons. The van der Waals surface area contributed by atoms with Crippen LogP contribution in [-0.4, -0.2) is 31.0 Å². The van der Waals surface area contributed by atoms with Crippen LogP contribution in [0.4, 0.5) is 0 Å². The minimum atomic E-state index is -3.44. The van der Waals surface area contributed by atoms with Crippen molar-refractivity contribution in [1.82, 2.24) is 4.31 Å². The van der Waals surface area contributed by atoms with E-state index < -0.39 is 10.0 Å². The maximum absolute atomic E-state index is 12.3. The number of thioether (sulfide) groups is 1. The molecule has 0 amide bonds. The molecule has 2 aliphatic rings. The van der Waals surface area contributed by atoms with Gasteiger partial charge >= 0.3 is 0 Å². The molecule has 1 aromatic rings. The van der Waals surface area contributed by atoms with Crippen LogP contribution in [-0.2, 0) is 10.0 Å². The van der Waals surface area contributed by atoms with Crippen molar-refractivity contribution in [3.05, 3.63) is 23.2 Å². The molecule has 0 aromatic heterocycles. The second-order valence-corrected chi connectivity index (χ2v) is 7.06. The molecule has 0 N–H and O–H groups in total. The van der Waals surface area contributed by atoms with Gasteiger partial charge in [-0.1, -0.05) is 11.6 Å². The molecule has 0 aliphatic carbocycles. The molecule has 18 heavy (non-hydrogen) atoms. The van der Waals surface area contributed by atoms with Crippen molar-refractivity contribution in [1.29, 1.82) is 0 Å². The number of rotatable bonds is 0. The minimum absolute atomic E-state index is 0. The van der Waals surface area contributed by atoms with Crippen LogP contribution >= 0.6 is 35.8 Å². The normalized spacial score (nSPS) is 20.3. The van der Waals surface area contributed by atoms with Crippen LogP contribution in [0.5, 0.6) is 0 Å². The van der Waals surface area contributed by atoms with E-state index in [-0.39, 0.29) is 12.4 Å². The molecule has 2 aliphatic heterocycles. The number of benzene rings is 1. The van der Waals surface area contributed by atoms with Gasteiger partial charge in [-0.2, -0.15) is 0 Å². The van der Waals surface area contributed by atoms with Crippen molar-refractivity contribution in [2.45, 2.75) is 16.2 Å². The summed E-state index contributed by atoms with van der Waals surface area (Å²) in [5.41, 5.74) is 0. The molecule has 0 radical (unpaired) electrons. The predicted octanol–water partition coefficient (Wildman–Crippen LogP) is 2.62. The quantitative estimate of drug-likeness (QED) is 0.737. The summed E-state index contributed by atoms with van der Waals surface area (Å²) in [6.07, 6.45) is 0.770. The summed E-state index contributed by atoms with van der Waals surface area (Å²) in [6.45, 7) is 1.19. The largest absolute Gasteiger partial charge is 0.267 e. The average Bonchev–Trinajstić information content (AvgIpc) is 2.28. The van der Waals surface area contributed by atoms with E-state index in [0.29, 0.717) is 33.1 Å². The van der Waals surface area contributed by atoms with Gasteiger partial charge in [0.15, 0.2) is 5.17 Å². The summed E-state index contributed by atoms with van der Waals surface area (Å²) in [7, 11) is -3.44. The van der Waals surface area contributed by atoms with Gasteiger partial charge in [0.2, 0.25) is 0 Å². The van der Waals surface area contributed by atoms with Gasteiger partial charge in [0, 0.05) is 23.0 Å². The van der Waals surface area contributed by atoms with E-state index in [9.17, 15) is 8.42 Å². The molecule has 2 heterocycles. The van der Waals surface area contributed by atoms with Crippen molar-refractivity contribution in [3.63, 3.8) is 0 Å². The average molecular weight is 325 g/mol. The molecule has 0 spiro atoms. The number of halogens is 2. The van der Waals surface area contributed by atoms with Crippen molar-refractivity contribution < 1.29 is 8.42 Å². The molecule has 0 unspecified atom stereocenters. The van der Waals surface area contributed by atoms with E-state index in [4.69, 9.17) is 11.6 Å². The topological polar surface area (TPSA) is 49.7 Å². The van der Waals surface area contributed by atoms with Gasteiger partial charge in [0.1, 0.15) is 4.90 Å². The molecular formula is C10H10Cl2N2O2S2. The lowest BCUT2D eigenvalue weighted by Crippen LogP contribution is -2.41.